The number of ether oxygens (including phenoxy) is 1. The van der Waals surface area contributed by atoms with Gasteiger partial charge < -0.3 is 10.1 Å². The minimum Gasteiger partial charge on any atom is -0.485 e. The fourth-order valence-electron chi connectivity index (χ4n) is 1.62. The van der Waals surface area contributed by atoms with E-state index in [-0.39, 0.29) is 0 Å². The normalized spacial score (nSPS) is 10.3. The maximum atomic E-state index is 5.68. The van der Waals surface area contributed by atoms with Gasteiger partial charge in [0.2, 0.25) is 0 Å². The first kappa shape index (κ1) is 12.5. The standard InChI is InChI=1S/C14H17N3O/c1-11-14(4-3-7-16-11)18-10-13-6-5-12(8-15-2)9-17-13/h3-7,9,15H,8,10H2,1-2H3. The van der Waals surface area contributed by atoms with Gasteiger partial charge in [0.25, 0.3) is 0 Å². The van der Waals surface area contributed by atoms with Gasteiger partial charge in [-0.25, -0.2) is 0 Å². The van der Waals surface area contributed by atoms with Crippen molar-refractivity contribution in [2.24, 2.45) is 0 Å². The summed E-state index contributed by atoms with van der Waals surface area (Å²) in [5.41, 5.74) is 2.97. The number of rotatable bonds is 5. The van der Waals surface area contributed by atoms with Gasteiger partial charge in [-0.05, 0) is 37.7 Å². The molecule has 2 aromatic heterocycles. The molecule has 0 fully saturated rings. The summed E-state index contributed by atoms with van der Waals surface area (Å²) in [6.45, 7) is 3.22. The van der Waals surface area contributed by atoms with Crippen LogP contribution in [-0.2, 0) is 13.2 Å². The van der Waals surface area contributed by atoms with E-state index in [4.69, 9.17) is 4.74 Å². The summed E-state index contributed by atoms with van der Waals surface area (Å²) in [5.74, 6) is 0.804. The molecule has 4 nitrogen and oxygen atoms in total. The van der Waals surface area contributed by atoms with Gasteiger partial charge in [-0.3, -0.25) is 9.97 Å². The van der Waals surface area contributed by atoms with E-state index in [1.165, 1.54) is 5.56 Å². The van der Waals surface area contributed by atoms with Crippen LogP contribution < -0.4 is 10.1 Å². The third-order valence-corrected chi connectivity index (χ3v) is 2.60. The molecule has 0 aliphatic heterocycles. The summed E-state index contributed by atoms with van der Waals surface area (Å²) >= 11 is 0. The number of pyridine rings is 2. The number of nitrogens with one attached hydrogen (secondary N) is 1. The lowest BCUT2D eigenvalue weighted by molar-refractivity contribution is 0.297. The molecule has 0 amide bonds. The number of nitrogens with zero attached hydrogens (tertiary/aromatic N) is 2. The maximum absolute atomic E-state index is 5.68. The minimum atomic E-state index is 0.465. The number of aromatic nitrogens is 2. The Morgan fingerprint density at radius 3 is 2.78 bits per heavy atom. The zero-order chi connectivity index (χ0) is 12.8. The Bertz CT molecular complexity index is 497. The minimum absolute atomic E-state index is 0.465. The zero-order valence-electron chi connectivity index (χ0n) is 10.7. The molecule has 2 rings (SSSR count). The summed E-state index contributed by atoms with van der Waals surface area (Å²) in [4.78, 5) is 8.53. The first-order chi connectivity index (χ1) is 8.79. The van der Waals surface area contributed by atoms with E-state index in [0.29, 0.717) is 6.61 Å². The van der Waals surface area contributed by atoms with Gasteiger partial charge in [-0.1, -0.05) is 6.07 Å². The van der Waals surface area contributed by atoms with Gasteiger partial charge in [0.15, 0.2) is 0 Å². The Kier molecular flexibility index (Phi) is 4.25. The molecule has 1 N–H and O–H groups in total. The fraction of sp³-hybridized carbons (Fsp3) is 0.286. The number of hydrogen-bond donors (Lipinski definition) is 1. The number of hydrogen-bond acceptors (Lipinski definition) is 4. The van der Waals surface area contributed by atoms with E-state index in [1.54, 1.807) is 6.20 Å². The topological polar surface area (TPSA) is 47.0 Å². The third kappa shape index (κ3) is 3.28. The smallest absolute Gasteiger partial charge is 0.141 e. The van der Waals surface area contributed by atoms with E-state index >= 15 is 0 Å². The second kappa shape index (κ2) is 6.12. The molecule has 0 saturated heterocycles. The van der Waals surface area contributed by atoms with Gasteiger partial charge in [0, 0.05) is 18.9 Å². The van der Waals surface area contributed by atoms with Gasteiger partial charge in [0.05, 0.1) is 11.4 Å². The predicted molar refractivity (Wildman–Crippen MR) is 70.3 cm³/mol. The molecule has 0 aliphatic carbocycles. The lowest BCUT2D eigenvalue weighted by Crippen LogP contribution is -2.06. The van der Waals surface area contributed by atoms with Crippen LogP contribution in [0.2, 0.25) is 0 Å². The molecule has 94 valence electrons. The van der Waals surface area contributed by atoms with Crippen LogP contribution in [0.5, 0.6) is 5.75 Å². The highest BCUT2D eigenvalue weighted by Gasteiger charge is 2.01. The largest absolute Gasteiger partial charge is 0.485 e. The SMILES string of the molecule is CNCc1ccc(COc2cccnc2C)nc1. The second-order valence-electron chi connectivity index (χ2n) is 4.06. The quantitative estimate of drug-likeness (QED) is 0.873. The van der Waals surface area contributed by atoms with Crippen molar-refractivity contribution >= 4 is 0 Å². The van der Waals surface area contributed by atoms with Crippen molar-refractivity contribution in [3.05, 3.63) is 53.6 Å². The first-order valence-corrected chi connectivity index (χ1v) is 5.92. The average Bonchev–Trinajstić information content (AvgIpc) is 2.40. The molecule has 0 spiro atoms. The molecule has 0 aromatic carbocycles. The molecule has 0 aliphatic rings. The predicted octanol–water partition coefficient (Wildman–Crippen LogP) is 2.08. The molecule has 0 saturated carbocycles. The second-order valence-corrected chi connectivity index (χ2v) is 4.06. The van der Waals surface area contributed by atoms with Crippen LogP contribution in [0.1, 0.15) is 17.0 Å². The Hall–Kier alpha value is -1.94. The van der Waals surface area contributed by atoms with Crippen molar-refractivity contribution in [3.8, 4) is 5.75 Å². The van der Waals surface area contributed by atoms with Crippen molar-refractivity contribution in [2.75, 3.05) is 7.05 Å². The average molecular weight is 243 g/mol. The summed E-state index contributed by atoms with van der Waals surface area (Å²) < 4.78 is 5.68. The molecule has 0 atom stereocenters. The van der Waals surface area contributed by atoms with Gasteiger partial charge in [-0.15, -0.1) is 0 Å². The molecular weight excluding hydrogens is 226 g/mol. The lowest BCUT2D eigenvalue weighted by Gasteiger charge is -2.08. The molecule has 2 aromatic rings. The van der Waals surface area contributed by atoms with Crippen LogP contribution >= 0.6 is 0 Å². The molecule has 4 heteroatoms. The van der Waals surface area contributed by atoms with Crippen molar-refractivity contribution in [2.45, 2.75) is 20.1 Å². The molecule has 18 heavy (non-hydrogen) atoms. The fourth-order valence-corrected chi connectivity index (χ4v) is 1.62. The highest BCUT2D eigenvalue weighted by molar-refractivity contribution is 5.25. The van der Waals surface area contributed by atoms with Gasteiger partial charge >= 0.3 is 0 Å². The van der Waals surface area contributed by atoms with Crippen molar-refractivity contribution in [3.63, 3.8) is 0 Å². The monoisotopic (exact) mass is 243 g/mol. The van der Waals surface area contributed by atoms with E-state index in [0.717, 1.165) is 23.7 Å². The Morgan fingerprint density at radius 1 is 1.22 bits per heavy atom. The number of aryl methyl sites for hydroxylation is 1. The molecule has 0 radical (unpaired) electrons. The van der Waals surface area contributed by atoms with E-state index in [2.05, 4.69) is 21.4 Å². The summed E-state index contributed by atoms with van der Waals surface area (Å²) in [5, 5.41) is 3.09. The van der Waals surface area contributed by atoms with Crippen molar-refractivity contribution in [1.82, 2.24) is 15.3 Å². The van der Waals surface area contributed by atoms with Crippen LogP contribution in [0.3, 0.4) is 0 Å². The van der Waals surface area contributed by atoms with Crippen LogP contribution in [-0.4, -0.2) is 17.0 Å². The molecule has 2 heterocycles. The van der Waals surface area contributed by atoms with Gasteiger partial charge in [0.1, 0.15) is 12.4 Å². The molecular formula is C14H17N3O. The van der Waals surface area contributed by atoms with Crippen molar-refractivity contribution in [1.29, 1.82) is 0 Å². The Labute approximate surface area is 107 Å². The van der Waals surface area contributed by atoms with Gasteiger partial charge in [-0.2, -0.15) is 0 Å². The third-order valence-electron chi connectivity index (χ3n) is 2.60. The molecule has 0 bridgehead atoms. The maximum Gasteiger partial charge on any atom is 0.141 e. The van der Waals surface area contributed by atoms with Crippen LogP contribution in [0, 0.1) is 6.92 Å². The Balaban J connectivity index is 1.96. The first-order valence-electron chi connectivity index (χ1n) is 5.92. The zero-order valence-corrected chi connectivity index (χ0v) is 10.7. The lowest BCUT2D eigenvalue weighted by atomic mass is 10.2. The summed E-state index contributed by atoms with van der Waals surface area (Å²) in [6.07, 6.45) is 3.62. The highest BCUT2D eigenvalue weighted by atomic mass is 16.5. The van der Waals surface area contributed by atoms with Crippen molar-refractivity contribution < 1.29 is 4.74 Å². The highest BCUT2D eigenvalue weighted by Crippen LogP contribution is 2.15. The Morgan fingerprint density at radius 2 is 2.11 bits per heavy atom. The van der Waals surface area contributed by atoms with Crippen LogP contribution in [0.4, 0.5) is 0 Å². The van der Waals surface area contributed by atoms with Crippen LogP contribution in [0.25, 0.3) is 0 Å². The summed E-state index contributed by atoms with van der Waals surface area (Å²) in [6, 6.07) is 7.82. The van der Waals surface area contributed by atoms with E-state index in [1.807, 2.05) is 38.4 Å². The summed E-state index contributed by atoms with van der Waals surface area (Å²) in [7, 11) is 1.92. The molecule has 0 unspecified atom stereocenters. The van der Waals surface area contributed by atoms with E-state index < -0.39 is 0 Å². The van der Waals surface area contributed by atoms with Crippen LogP contribution in [0.15, 0.2) is 36.7 Å². The van der Waals surface area contributed by atoms with E-state index in [9.17, 15) is 0 Å².